The monoisotopic (exact) mass is 497 g/mol. The first-order valence-corrected chi connectivity index (χ1v) is 11.6. The molecule has 2 rings (SSSR count). The molecule has 10 nitrogen and oxygen atoms in total. The minimum atomic E-state index is -4.15. The zero-order valence-electron chi connectivity index (χ0n) is 18.0. The highest BCUT2D eigenvalue weighted by Crippen LogP contribution is 2.20. The van der Waals surface area contributed by atoms with Gasteiger partial charge in [-0.3, -0.25) is 14.4 Å². The number of carbonyl (C=O) groups is 3. The van der Waals surface area contributed by atoms with E-state index in [9.17, 15) is 22.8 Å². The predicted octanol–water partition coefficient (Wildman–Crippen LogP) is 1.75. The summed E-state index contributed by atoms with van der Waals surface area (Å²) >= 11 is 5.91. The summed E-state index contributed by atoms with van der Waals surface area (Å²) in [6, 6.07) is 8.92. The fourth-order valence-corrected chi connectivity index (χ4v) is 4.07. The van der Waals surface area contributed by atoms with Crippen LogP contribution in [0.1, 0.15) is 18.4 Å². The largest absolute Gasteiger partial charge is 0.497 e. The molecule has 0 aliphatic heterocycles. The summed E-state index contributed by atoms with van der Waals surface area (Å²) in [6.45, 7) is 1.08. The first-order chi connectivity index (χ1) is 15.5. The molecule has 0 aromatic heterocycles. The number of rotatable bonds is 11. The van der Waals surface area contributed by atoms with Crippen LogP contribution in [0.25, 0.3) is 0 Å². The van der Waals surface area contributed by atoms with Gasteiger partial charge >= 0.3 is 5.97 Å². The van der Waals surface area contributed by atoms with E-state index in [1.165, 1.54) is 37.4 Å². The second kappa shape index (κ2) is 11.6. The third-order valence-electron chi connectivity index (χ3n) is 4.45. The van der Waals surface area contributed by atoms with E-state index in [-0.39, 0.29) is 17.7 Å². The molecule has 0 heterocycles. The van der Waals surface area contributed by atoms with Crippen LogP contribution >= 0.6 is 11.6 Å². The van der Waals surface area contributed by atoms with Gasteiger partial charge < -0.3 is 20.5 Å². The summed E-state index contributed by atoms with van der Waals surface area (Å²) in [5, 5.41) is 2.96. The van der Waals surface area contributed by atoms with Crippen molar-refractivity contribution in [2.24, 2.45) is 5.73 Å². The molecule has 0 aliphatic rings. The fraction of sp³-hybridized carbons (Fsp3) is 0.286. The highest BCUT2D eigenvalue weighted by molar-refractivity contribution is 7.89. The van der Waals surface area contributed by atoms with Crippen molar-refractivity contribution in [2.75, 3.05) is 19.0 Å². The van der Waals surface area contributed by atoms with Crippen molar-refractivity contribution >= 4 is 45.1 Å². The maximum atomic E-state index is 12.7. The molecule has 2 amide bonds. The van der Waals surface area contributed by atoms with Crippen molar-refractivity contribution in [2.45, 2.75) is 30.7 Å². The average Bonchev–Trinajstić information content (AvgIpc) is 2.77. The van der Waals surface area contributed by atoms with Crippen LogP contribution in [0.15, 0.2) is 47.4 Å². The first kappa shape index (κ1) is 26.1. The lowest BCUT2D eigenvalue weighted by Crippen LogP contribution is -2.43. The van der Waals surface area contributed by atoms with Gasteiger partial charge in [-0.15, -0.1) is 0 Å². The molecule has 12 heteroatoms. The molecular formula is C21H24ClN3O7S. The Morgan fingerprint density at radius 1 is 1.12 bits per heavy atom. The lowest BCUT2D eigenvalue weighted by molar-refractivity contribution is -0.149. The second-order valence-corrected chi connectivity index (χ2v) is 9.12. The smallest absolute Gasteiger partial charge is 0.324 e. The zero-order valence-corrected chi connectivity index (χ0v) is 19.5. The number of esters is 1. The van der Waals surface area contributed by atoms with Gasteiger partial charge in [0.2, 0.25) is 15.9 Å². The number of nitrogens with two attached hydrogens (primary N) is 1. The maximum Gasteiger partial charge on any atom is 0.324 e. The molecule has 0 spiro atoms. The molecule has 33 heavy (non-hydrogen) atoms. The second-order valence-electron chi connectivity index (χ2n) is 6.97. The van der Waals surface area contributed by atoms with E-state index in [0.29, 0.717) is 16.5 Å². The molecule has 2 aromatic carbocycles. The zero-order chi connectivity index (χ0) is 24.6. The molecule has 0 aliphatic carbocycles. The van der Waals surface area contributed by atoms with E-state index in [2.05, 4.69) is 10.0 Å². The quantitative estimate of drug-likeness (QED) is 0.399. The van der Waals surface area contributed by atoms with E-state index in [1.54, 1.807) is 19.1 Å². The van der Waals surface area contributed by atoms with Crippen molar-refractivity contribution in [1.82, 2.24) is 4.72 Å². The molecule has 4 N–H and O–H groups in total. The third kappa shape index (κ3) is 8.04. The number of halogens is 1. The van der Waals surface area contributed by atoms with E-state index in [4.69, 9.17) is 26.8 Å². The summed E-state index contributed by atoms with van der Waals surface area (Å²) < 4.78 is 37.5. The lowest BCUT2D eigenvalue weighted by Gasteiger charge is -2.17. The Kier molecular flexibility index (Phi) is 9.21. The van der Waals surface area contributed by atoms with Crippen LogP contribution in [0.4, 0.5) is 5.69 Å². The van der Waals surface area contributed by atoms with Gasteiger partial charge in [-0.05, 0) is 55.3 Å². The number of carbonyl (C=O) groups excluding carboxylic acids is 3. The van der Waals surface area contributed by atoms with Crippen molar-refractivity contribution in [3.05, 3.63) is 53.1 Å². The molecule has 0 bridgehead atoms. The molecular weight excluding hydrogens is 474 g/mol. The van der Waals surface area contributed by atoms with Crippen molar-refractivity contribution in [3.63, 3.8) is 0 Å². The summed E-state index contributed by atoms with van der Waals surface area (Å²) in [7, 11) is -2.72. The number of amides is 2. The number of anilines is 1. The van der Waals surface area contributed by atoms with E-state index >= 15 is 0 Å². The number of hydrogen-bond donors (Lipinski definition) is 3. The van der Waals surface area contributed by atoms with E-state index in [0.717, 1.165) is 5.56 Å². The Hall–Kier alpha value is -3.15. The van der Waals surface area contributed by atoms with Gasteiger partial charge in [0, 0.05) is 17.1 Å². The predicted molar refractivity (Wildman–Crippen MR) is 121 cm³/mol. The summed E-state index contributed by atoms with van der Waals surface area (Å²) in [4.78, 5) is 35.7. The summed E-state index contributed by atoms with van der Waals surface area (Å²) in [6.07, 6.45) is -0.530. The van der Waals surface area contributed by atoms with Crippen LogP contribution in [0.5, 0.6) is 5.75 Å². The van der Waals surface area contributed by atoms with Crippen LogP contribution in [0, 0.1) is 6.92 Å². The highest BCUT2D eigenvalue weighted by atomic mass is 35.5. The van der Waals surface area contributed by atoms with Gasteiger partial charge in [-0.1, -0.05) is 17.7 Å². The summed E-state index contributed by atoms with van der Waals surface area (Å²) in [5.74, 6) is -1.98. The van der Waals surface area contributed by atoms with Gasteiger partial charge in [0.25, 0.3) is 5.91 Å². The van der Waals surface area contributed by atoms with Gasteiger partial charge in [0.1, 0.15) is 11.8 Å². The van der Waals surface area contributed by atoms with Crippen molar-refractivity contribution in [1.29, 1.82) is 0 Å². The number of aryl methyl sites for hydroxylation is 1. The van der Waals surface area contributed by atoms with Gasteiger partial charge in [0.05, 0.1) is 12.0 Å². The topological polar surface area (TPSA) is 154 Å². The number of benzene rings is 2. The number of primary amides is 1. The van der Waals surface area contributed by atoms with E-state index in [1.807, 2.05) is 0 Å². The fourth-order valence-electron chi connectivity index (χ4n) is 2.67. The molecule has 0 radical (unpaired) electrons. The molecule has 1 unspecified atom stereocenters. The normalized spacial score (nSPS) is 12.0. The van der Waals surface area contributed by atoms with Crippen LogP contribution in [0.3, 0.4) is 0 Å². The standard InChI is InChI=1S/C21H24ClN3O7S/c1-13-3-4-14(22)11-18(13)24-20(27)12-32-21(28)17(9-10-19(23)26)25-33(29,30)16-7-5-15(31-2)6-8-16/h3-8,11,17,25H,9-10,12H2,1-2H3,(H2,23,26)(H,24,27). The Morgan fingerprint density at radius 2 is 1.79 bits per heavy atom. The Morgan fingerprint density at radius 3 is 2.39 bits per heavy atom. The average molecular weight is 498 g/mol. The molecule has 1 atom stereocenters. The number of nitrogens with one attached hydrogen (secondary N) is 2. The molecule has 0 fully saturated rings. The number of ether oxygens (including phenoxy) is 2. The number of hydrogen-bond acceptors (Lipinski definition) is 7. The van der Waals surface area contributed by atoms with Crippen molar-refractivity contribution in [3.8, 4) is 5.75 Å². The van der Waals surface area contributed by atoms with Crippen LogP contribution in [0.2, 0.25) is 5.02 Å². The molecule has 0 saturated heterocycles. The van der Waals surface area contributed by atoms with Crippen LogP contribution < -0.4 is 20.5 Å². The van der Waals surface area contributed by atoms with Crippen LogP contribution in [-0.4, -0.2) is 46.0 Å². The van der Waals surface area contributed by atoms with Gasteiger partial charge in [-0.25, -0.2) is 8.42 Å². The van der Waals surface area contributed by atoms with E-state index < -0.39 is 40.5 Å². The minimum Gasteiger partial charge on any atom is -0.497 e. The summed E-state index contributed by atoms with van der Waals surface area (Å²) in [5.41, 5.74) is 6.31. The number of sulfonamides is 1. The van der Waals surface area contributed by atoms with Gasteiger partial charge in [-0.2, -0.15) is 4.72 Å². The lowest BCUT2D eigenvalue weighted by atomic mass is 10.1. The number of methoxy groups -OCH3 is 1. The SMILES string of the molecule is COc1ccc(S(=O)(=O)NC(CCC(N)=O)C(=O)OCC(=O)Nc2cc(Cl)ccc2C)cc1. The maximum absolute atomic E-state index is 12.7. The Balaban J connectivity index is 2.07. The third-order valence-corrected chi connectivity index (χ3v) is 6.17. The molecule has 178 valence electrons. The molecule has 0 saturated carbocycles. The Bertz CT molecular complexity index is 1120. The van der Waals surface area contributed by atoms with Gasteiger partial charge in [0.15, 0.2) is 6.61 Å². The Labute approximate surface area is 196 Å². The molecule has 2 aromatic rings. The highest BCUT2D eigenvalue weighted by Gasteiger charge is 2.28. The first-order valence-electron chi connectivity index (χ1n) is 9.69. The van der Waals surface area contributed by atoms with Crippen LogP contribution in [-0.2, 0) is 29.1 Å². The minimum absolute atomic E-state index is 0.130. The van der Waals surface area contributed by atoms with Crippen molar-refractivity contribution < 1.29 is 32.3 Å².